The zero-order valence-corrected chi connectivity index (χ0v) is 20.5. The van der Waals surface area contributed by atoms with Crippen molar-refractivity contribution in [1.82, 2.24) is 4.90 Å². The number of carbonyl (C=O) groups is 1. The standard InChI is InChI=1S/C29H35NO4/c1-29(2,32)15-14-21-8-7-11-24(18-21)28(31)30-16-17-34-26-13-12-23(19-25(26)20-30)27(33-3)22-9-5-4-6-10-22/h7-8,11-13,18-19,22,27,32H,4-6,9-10,16-17,20H2,1-3H3/t27-/m0/s1. The second-order valence-electron chi connectivity index (χ2n) is 9.89. The highest BCUT2D eigenvalue weighted by Crippen LogP contribution is 2.38. The topological polar surface area (TPSA) is 59.0 Å². The molecule has 1 atom stereocenters. The number of hydrogen-bond acceptors (Lipinski definition) is 4. The number of aliphatic hydroxyl groups is 1. The van der Waals surface area contributed by atoms with E-state index in [1.165, 1.54) is 32.1 Å². The lowest BCUT2D eigenvalue weighted by atomic mass is 9.82. The van der Waals surface area contributed by atoms with Crippen molar-refractivity contribution >= 4 is 5.91 Å². The average molecular weight is 462 g/mol. The number of benzene rings is 2. The van der Waals surface area contributed by atoms with Crippen LogP contribution in [0, 0.1) is 17.8 Å². The van der Waals surface area contributed by atoms with Crippen molar-refractivity contribution in [2.24, 2.45) is 5.92 Å². The van der Waals surface area contributed by atoms with Gasteiger partial charge in [0.05, 0.1) is 12.6 Å². The summed E-state index contributed by atoms with van der Waals surface area (Å²) in [5.74, 6) is 7.08. The summed E-state index contributed by atoms with van der Waals surface area (Å²) >= 11 is 0. The van der Waals surface area contributed by atoms with E-state index in [0.717, 1.165) is 16.9 Å². The molecule has 1 aliphatic heterocycles. The summed E-state index contributed by atoms with van der Waals surface area (Å²) in [6.07, 6.45) is 6.31. The summed E-state index contributed by atoms with van der Waals surface area (Å²) in [7, 11) is 1.80. The van der Waals surface area contributed by atoms with Gasteiger partial charge in [-0.3, -0.25) is 4.79 Å². The molecule has 1 saturated carbocycles. The number of amides is 1. The van der Waals surface area contributed by atoms with Gasteiger partial charge in [-0.15, -0.1) is 0 Å². The summed E-state index contributed by atoms with van der Waals surface area (Å²) in [6.45, 7) is 4.73. The average Bonchev–Trinajstić information content (AvgIpc) is 3.05. The molecule has 1 heterocycles. The van der Waals surface area contributed by atoms with E-state index in [1.807, 2.05) is 29.2 Å². The first-order chi connectivity index (χ1) is 16.3. The SMILES string of the molecule is CO[C@H](c1ccc2c(c1)CN(C(=O)c1cccc(C#CC(C)(C)O)c1)CCO2)C1CCCCC1. The molecule has 1 aliphatic carbocycles. The van der Waals surface area contributed by atoms with E-state index >= 15 is 0 Å². The lowest BCUT2D eigenvalue weighted by Gasteiger charge is -2.30. The van der Waals surface area contributed by atoms with Crippen LogP contribution in [-0.4, -0.2) is 41.8 Å². The smallest absolute Gasteiger partial charge is 0.254 e. The Morgan fingerprint density at radius 1 is 1.18 bits per heavy atom. The van der Waals surface area contributed by atoms with Gasteiger partial charge in [0.25, 0.3) is 5.91 Å². The Balaban J connectivity index is 1.55. The first-order valence-corrected chi connectivity index (χ1v) is 12.3. The maximum absolute atomic E-state index is 13.4. The van der Waals surface area contributed by atoms with Crippen LogP contribution >= 0.6 is 0 Å². The zero-order valence-electron chi connectivity index (χ0n) is 20.5. The van der Waals surface area contributed by atoms with Crippen molar-refractivity contribution < 1.29 is 19.4 Å². The van der Waals surface area contributed by atoms with E-state index in [2.05, 4.69) is 24.0 Å². The van der Waals surface area contributed by atoms with Gasteiger partial charge in [-0.2, -0.15) is 0 Å². The van der Waals surface area contributed by atoms with Gasteiger partial charge in [0.15, 0.2) is 0 Å². The number of rotatable bonds is 4. The van der Waals surface area contributed by atoms with Crippen LogP contribution in [0.3, 0.4) is 0 Å². The molecule has 0 spiro atoms. The number of fused-ring (bicyclic) bond motifs is 1. The molecule has 0 unspecified atom stereocenters. The van der Waals surface area contributed by atoms with Crippen molar-refractivity contribution in [1.29, 1.82) is 0 Å². The summed E-state index contributed by atoms with van der Waals surface area (Å²) in [5.41, 5.74) is 2.38. The van der Waals surface area contributed by atoms with Crippen LogP contribution in [0.4, 0.5) is 0 Å². The molecular formula is C29H35NO4. The van der Waals surface area contributed by atoms with Crippen LogP contribution in [0.15, 0.2) is 42.5 Å². The first-order valence-electron chi connectivity index (χ1n) is 12.3. The highest BCUT2D eigenvalue weighted by atomic mass is 16.5. The molecule has 2 aliphatic rings. The second-order valence-corrected chi connectivity index (χ2v) is 9.89. The maximum atomic E-state index is 13.4. The number of methoxy groups -OCH3 is 1. The largest absolute Gasteiger partial charge is 0.491 e. The maximum Gasteiger partial charge on any atom is 0.254 e. The predicted molar refractivity (Wildman–Crippen MR) is 133 cm³/mol. The van der Waals surface area contributed by atoms with Gasteiger partial charge in [0.1, 0.15) is 18.0 Å². The Morgan fingerprint density at radius 3 is 2.71 bits per heavy atom. The lowest BCUT2D eigenvalue weighted by molar-refractivity contribution is 0.0353. The van der Waals surface area contributed by atoms with Crippen molar-refractivity contribution in [2.75, 3.05) is 20.3 Å². The summed E-state index contributed by atoms with van der Waals surface area (Å²) < 4.78 is 11.9. The third kappa shape index (κ3) is 6.00. The fraction of sp³-hybridized carbons (Fsp3) is 0.483. The normalized spacial score (nSPS) is 17.6. The van der Waals surface area contributed by atoms with E-state index in [9.17, 15) is 9.90 Å². The molecule has 0 bridgehead atoms. The molecule has 2 aromatic carbocycles. The second kappa shape index (κ2) is 10.6. The molecule has 5 nitrogen and oxygen atoms in total. The fourth-order valence-electron chi connectivity index (χ4n) is 4.94. The monoisotopic (exact) mass is 461 g/mol. The van der Waals surface area contributed by atoms with Gasteiger partial charge in [-0.05, 0) is 68.5 Å². The number of ether oxygens (including phenoxy) is 2. The van der Waals surface area contributed by atoms with E-state index in [0.29, 0.717) is 36.7 Å². The van der Waals surface area contributed by atoms with E-state index in [4.69, 9.17) is 9.47 Å². The lowest BCUT2D eigenvalue weighted by Crippen LogP contribution is -2.32. The van der Waals surface area contributed by atoms with Gasteiger partial charge in [-0.25, -0.2) is 0 Å². The van der Waals surface area contributed by atoms with Gasteiger partial charge in [0, 0.05) is 30.3 Å². The molecular weight excluding hydrogens is 426 g/mol. The first kappa shape index (κ1) is 24.3. The van der Waals surface area contributed by atoms with Crippen LogP contribution in [0.25, 0.3) is 0 Å². The zero-order chi connectivity index (χ0) is 24.1. The van der Waals surface area contributed by atoms with Crippen molar-refractivity contribution in [3.63, 3.8) is 0 Å². The van der Waals surface area contributed by atoms with Gasteiger partial charge >= 0.3 is 0 Å². The summed E-state index contributed by atoms with van der Waals surface area (Å²) in [6, 6.07) is 13.6. The van der Waals surface area contributed by atoms with E-state index in [1.54, 1.807) is 27.0 Å². The number of carbonyl (C=O) groups excluding carboxylic acids is 1. The van der Waals surface area contributed by atoms with Crippen molar-refractivity contribution in [3.05, 3.63) is 64.7 Å². The number of hydrogen-bond donors (Lipinski definition) is 1. The third-order valence-corrected chi connectivity index (χ3v) is 6.63. The summed E-state index contributed by atoms with van der Waals surface area (Å²) in [4.78, 5) is 15.2. The minimum atomic E-state index is -1.08. The minimum Gasteiger partial charge on any atom is -0.491 e. The number of nitrogens with zero attached hydrogens (tertiary/aromatic N) is 1. The highest BCUT2D eigenvalue weighted by Gasteiger charge is 2.27. The molecule has 1 amide bonds. The molecule has 1 fully saturated rings. The van der Waals surface area contributed by atoms with Crippen LogP contribution in [0.2, 0.25) is 0 Å². The van der Waals surface area contributed by atoms with Crippen molar-refractivity contribution in [2.45, 2.75) is 64.2 Å². The van der Waals surface area contributed by atoms with Crippen LogP contribution in [-0.2, 0) is 11.3 Å². The van der Waals surface area contributed by atoms with Gasteiger partial charge in [-0.1, -0.05) is 43.2 Å². The molecule has 4 rings (SSSR count). The van der Waals surface area contributed by atoms with Crippen LogP contribution in [0.1, 0.15) is 79.1 Å². The van der Waals surface area contributed by atoms with Gasteiger partial charge < -0.3 is 19.5 Å². The molecule has 0 saturated heterocycles. The Morgan fingerprint density at radius 2 is 1.97 bits per heavy atom. The molecule has 0 aromatic heterocycles. The molecule has 0 radical (unpaired) electrons. The van der Waals surface area contributed by atoms with Crippen LogP contribution in [0.5, 0.6) is 5.75 Å². The predicted octanol–water partition coefficient (Wildman–Crippen LogP) is 5.11. The molecule has 1 N–H and O–H groups in total. The molecule has 5 heteroatoms. The van der Waals surface area contributed by atoms with Crippen molar-refractivity contribution in [3.8, 4) is 17.6 Å². The quantitative estimate of drug-likeness (QED) is 0.643. The molecule has 2 aromatic rings. The Bertz CT molecular complexity index is 1070. The Kier molecular flexibility index (Phi) is 7.60. The van der Waals surface area contributed by atoms with E-state index in [-0.39, 0.29) is 12.0 Å². The van der Waals surface area contributed by atoms with Gasteiger partial charge in [0.2, 0.25) is 0 Å². The Labute approximate surface area is 203 Å². The highest BCUT2D eigenvalue weighted by molar-refractivity contribution is 5.94. The Hall–Kier alpha value is -2.81. The minimum absolute atomic E-state index is 0.0515. The fourth-order valence-corrected chi connectivity index (χ4v) is 4.94. The third-order valence-electron chi connectivity index (χ3n) is 6.63. The van der Waals surface area contributed by atoms with E-state index < -0.39 is 5.60 Å². The van der Waals surface area contributed by atoms with Crippen LogP contribution < -0.4 is 4.74 Å². The molecule has 180 valence electrons. The summed E-state index contributed by atoms with van der Waals surface area (Å²) in [5, 5.41) is 9.88. The molecule has 34 heavy (non-hydrogen) atoms.